The van der Waals surface area contributed by atoms with Gasteiger partial charge in [-0.3, -0.25) is 13.6 Å². The largest absolute Gasteiger partial charge is 0.474 e. The van der Waals surface area contributed by atoms with Crippen LogP contribution in [0.5, 0.6) is 0 Å². The Bertz CT molecular complexity index is 290. The van der Waals surface area contributed by atoms with Crippen molar-refractivity contribution < 1.29 is 37.4 Å². The smallest absolute Gasteiger partial charge is 0.303 e. The number of phosphoric acid groups is 2. The van der Waals surface area contributed by atoms with Gasteiger partial charge in [-0.15, -0.1) is 0 Å². The van der Waals surface area contributed by atoms with Crippen LogP contribution in [0, 0.1) is 0 Å². The summed E-state index contributed by atoms with van der Waals surface area (Å²) in [7, 11) is -7.95. The van der Waals surface area contributed by atoms with Crippen LogP contribution in [0.4, 0.5) is 0 Å². The first kappa shape index (κ1) is 24.5. The van der Waals surface area contributed by atoms with Crippen molar-refractivity contribution in [2.45, 2.75) is 59.3 Å². The highest BCUT2D eigenvalue weighted by Gasteiger charge is 2.25. The molecule has 10 heteroatoms. The second-order valence-corrected chi connectivity index (χ2v) is 7.22. The van der Waals surface area contributed by atoms with E-state index in [1.807, 2.05) is 0 Å². The van der Waals surface area contributed by atoms with Crippen molar-refractivity contribution in [1.29, 1.82) is 0 Å². The maximum Gasteiger partial charge on any atom is 0.474 e. The van der Waals surface area contributed by atoms with E-state index in [4.69, 9.17) is 32.8 Å². The van der Waals surface area contributed by atoms with Gasteiger partial charge in [0.25, 0.3) is 0 Å². The fourth-order valence-electron chi connectivity index (χ4n) is 1.07. The molecule has 8 nitrogen and oxygen atoms in total. The third-order valence-electron chi connectivity index (χ3n) is 2.24. The van der Waals surface area contributed by atoms with Crippen molar-refractivity contribution in [3.8, 4) is 0 Å². The Morgan fingerprint density at radius 2 is 0.909 bits per heavy atom. The molecule has 0 bridgehead atoms. The van der Waals surface area contributed by atoms with Gasteiger partial charge in [0.1, 0.15) is 0 Å². The van der Waals surface area contributed by atoms with Crippen LogP contribution >= 0.6 is 15.6 Å². The van der Waals surface area contributed by atoms with E-state index in [2.05, 4.69) is 20.8 Å². The average molecular weight is 364 g/mol. The Morgan fingerprint density at radius 3 is 1.09 bits per heavy atom. The second kappa shape index (κ2) is 14.8. The number of rotatable bonds is 12. The first-order valence-corrected chi connectivity index (χ1v) is 10.5. The molecule has 3 N–H and O–H groups in total. The molecule has 0 aliphatic rings. The molecule has 0 aliphatic heterocycles. The van der Waals surface area contributed by atoms with E-state index in [0.717, 1.165) is 38.5 Å². The second-order valence-electron chi connectivity index (χ2n) is 4.52. The molecule has 0 aromatic carbocycles. The zero-order chi connectivity index (χ0) is 17.5. The number of hydrogen-bond acceptors (Lipinski definition) is 5. The lowest BCUT2D eigenvalue weighted by Crippen LogP contribution is -2.03. The maximum absolute atomic E-state index is 12.2. The summed E-state index contributed by atoms with van der Waals surface area (Å²) in [6.07, 6.45) is 5.63. The van der Waals surface area contributed by atoms with Crippen LogP contribution in [0.2, 0.25) is 0 Å². The minimum Gasteiger partial charge on any atom is -0.303 e. The number of unbranched alkanes of at least 4 members (excludes halogenated alkanes) is 3. The van der Waals surface area contributed by atoms with Crippen LogP contribution in [0.15, 0.2) is 0 Å². The summed E-state index contributed by atoms with van der Waals surface area (Å²) in [5, 5.41) is 0. The Kier molecular flexibility index (Phi) is 16.5. The van der Waals surface area contributed by atoms with Crippen molar-refractivity contribution in [3.05, 3.63) is 0 Å². The minimum atomic E-state index is -4.64. The lowest BCUT2D eigenvalue weighted by molar-refractivity contribution is 0.110. The summed E-state index contributed by atoms with van der Waals surface area (Å²) < 4.78 is 36.9. The summed E-state index contributed by atoms with van der Waals surface area (Å²) in [4.78, 5) is 21.6. The molecule has 0 unspecified atom stereocenters. The van der Waals surface area contributed by atoms with Gasteiger partial charge in [0, 0.05) is 0 Å². The van der Waals surface area contributed by atoms with Crippen LogP contribution < -0.4 is 0 Å². The van der Waals surface area contributed by atoms with E-state index in [1.54, 1.807) is 0 Å². The van der Waals surface area contributed by atoms with Crippen molar-refractivity contribution in [1.82, 2.24) is 0 Å². The Labute approximate surface area is 133 Å². The third-order valence-corrected chi connectivity index (χ3v) is 3.74. The van der Waals surface area contributed by atoms with E-state index >= 15 is 0 Å². The van der Waals surface area contributed by atoms with Crippen molar-refractivity contribution in [2.24, 2.45) is 0 Å². The molecule has 0 rings (SSSR count). The molecule has 0 aromatic rings. The van der Waals surface area contributed by atoms with Crippen LogP contribution in [0.3, 0.4) is 0 Å². The highest BCUT2D eigenvalue weighted by Crippen LogP contribution is 2.49. The molecule has 0 saturated carbocycles. The quantitative estimate of drug-likeness (QED) is 0.354. The van der Waals surface area contributed by atoms with E-state index in [-0.39, 0.29) is 0 Å². The van der Waals surface area contributed by atoms with E-state index in [1.165, 1.54) is 0 Å². The molecule has 0 aromatic heterocycles. The number of hydrogen-bond donors (Lipinski definition) is 3. The summed E-state index contributed by atoms with van der Waals surface area (Å²) in [5.41, 5.74) is 0. The molecule has 136 valence electrons. The lowest BCUT2D eigenvalue weighted by Gasteiger charge is -2.17. The predicted octanol–water partition coefficient (Wildman–Crippen LogP) is 3.62. The van der Waals surface area contributed by atoms with E-state index in [0.29, 0.717) is 19.8 Å². The van der Waals surface area contributed by atoms with E-state index < -0.39 is 15.6 Å². The predicted molar refractivity (Wildman–Crippen MR) is 84.4 cm³/mol. The third kappa shape index (κ3) is 22.5. The average Bonchev–Trinajstić information content (AvgIpc) is 2.38. The normalized spacial score (nSPS) is 11.9. The fourth-order valence-corrected chi connectivity index (χ4v) is 2.36. The standard InChI is InChI=1S/C12H27O4P.H3O4P/c1-4-7-10-14-17(13,15-11-8-5-2)16-12-9-6-3;1-5(2,3)4/h4-12H2,1-3H3;(H3,1,2,3,4). The summed E-state index contributed by atoms with van der Waals surface area (Å²) in [6, 6.07) is 0. The van der Waals surface area contributed by atoms with Crippen molar-refractivity contribution in [2.75, 3.05) is 19.8 Å². The van der Waals surface area contributed by atoms with Gasteiger partial charge in [-0.2, -0.15) is 0 Å². The van der Waals surface area contributed by atoms with Gasteiger partial charge in [0.05, 0.1) is 19.8 Å². The van der Waals surface area contributed by atoms with Crippen LogP contribution in [0.1, 0.15) is 59.3 Å². The van der Waals surface area contributed by atoms with Gasteiger partial charge >= 0.3 is 15.6 Å². The highest BCUT2D eigenvalue weighted by molar-refractivity contribution is 7.48. The Morgan fingerprint density at radius 1 is 0.682 bits per heavy atom. The summed E-state index contributed by atoms with van der Waals surface area (Å²) >= 11 is 0. The fraction of sp³-hybridized carbons (Fsp3) is 1.00. The highest BCUT2D eigenvalue weighted by atomic mass is 31.2. The first-order chi connectivity index (χ1) is 10.2. The molecule has 0 radical (unpaired) electrons. The Hall–Kier alpha value is 0.220. The van der Waals surface area contributed by atoms with Crippen LogP contribution in [0.25, 0.3) is 0 Å². The molecule has 0 amide bonds. The molecular formula is C12H30O8P2. The molecule has 22 heavy (non-hydrogen) atoms. The topological polar surface area (TPSA) is 123 Å². The van der Waals surface area contributed by atoms with Crippen molar-refractivity contribution >= 4 is 15.6 Å². The van der Waals surface area contributed by atoms with Crippen molar-refractivity contribution in [3.63, 3.8) is 0 Å². The molecule has 0 saturated heterocycles. The van der Waals surface area contributed by atoms with Gasteiger partial charge in [-0.25, -0.2) is 9.13 Å². The lowest BCUT2D eigenvalue weighted by atomic mass is 10.4. The van der Waals surface area contributed by atoms with Gasteiger partial charge in [-0.05, 0) is 19.3 Å². The molecule has 0 atom stereocenters. The van der Waals surface area contributed by atoms with Gasteiger partial charge in [-0.1, -0.05) is 40.0 Å². The molecular weight excluding hydrogens is 334 g/mol. The molecule has 0 fully saturated rings. The van der Waals surface area contributed by atoms with E-state index in [9.17, 15) is 4.57 Å². The molecule has 0 spiro atoms. The summed E-state index contributed by atoms with van der Waals surface area (Å²) in [5.74, 6) is 0. The molecule has 0 heterocycles. The first-order valence-electron chi connectivity index (χ1n) is 7.50. The van der Waals surface area contributed by atoms with Gasteiger partial charge < -0.3 is 14.7 Å². The monoisotopic (exact) mass is 364 g/mol. The molecule has 0 aliphatic carbocycles. The zero-order valence-corrected chi connectivity index (χ0v) is 15.4. The zero-order valence-electron chi connectivity index (χ0n) is 13.6. The van der Waals surface area contributed by atoms with Gasteiger partial charge in [0.15, 0.2) is 0 Å². The van der Waals surface area contributed by atoms with Crippen LogP contribution in [-0.2, 0) is 22.7 Å². The maximum atomic E-state index is 12.2. The van der Waals surface area contributed by atoms with Crippen LogP contribution in [-0.4, -0.2) is 34.5 Å². The van der Waals surface area contributed by atoms with Gasteiger partial charge in [0.2, 0.25) is 0 Å². The Balaban J connectivity index is 0. The number of phosphoric ester groups is 1. The minimum absolute atomic E-state index is 0.437. The summed E-state index contributed by atoms with van der Waals surface area (Å²) in [6.45, 7) is 7.49. The SMILES string of the molecule is CCCCOP(=O)(OCCCC)OCCCC.O=P(O)(O)O.